The maximum Gasteiger partial charge on any atom is 0.0685 e. The van der Waals surface area contributed by atoms with Crippen molar-refractivity contribution in [3.63, 3.8) is 0 Å². The van der Waals surface area contributed by atoms with Crippen LogP contribution in [0.1, 0.15) is 32.1 Å². The Balaban J connectivity index is 2.15. The summed E-state index contributed by atoms with van der Waals surface area (Å²) in [6.07, 6.45) is 6.27. The Hall–Kier alpha value is -0.0800. The van der Waals surface area contributed by atoms with E-state index in [1.54, 1.807) is 0 Å². The lowest BCUT2D eigenvalue weighted by molar-refractivity contribution is -0.000347. The molecule has 2 nitrogen and oxygen atoms in total. The SMILES string of the molecule is COC12CCC(CN)(CC1)C2. The summed E-state index contributed by atoms with van der Waals surface area (Å²) in [5, 5.41) is 0. The molecule has 0 amide bonds. The van der Waals surface area contributed by atoms with E-state index in [-0.39, 0.29) is 5.60 Å². The van der Waals surface area contributed by atoms with Crippen LogP contribution in [-0.2, 0) is 4.74 Å². The zero-order chi connectivity index (χ0) is 7.95. The molecule has 2 fully saturated rings. The van der Waals surface area contributed by atoms with Crippen molar-refractivity contribution in [1.82, 2.24) is 0 Å². The third-order valence-corrected chi connectivity index (χ3v) is 3.79. The van der Waals surface area contributed by atoms with Gasteiger partial charge in [0.1, 0.15) is 0 Å². The molecule has 2 rings (SSSR count). The molecule has 2 aliphatic rings. The Kier molecular flexibility index (Phi) is 1.52. The van der Waals surface area contributed by atoms with Gasteiger partial charge in [-0.1, -0.05) is 0 Å². The minimum Gasteiger partial charge on any atom is -0.378 e. The second kappa shape index (κ2) is 2.20. The van der Waals surface area contributed by atoms with Gasteiger partial charge in [0.25, 0.3) is 0 Å². The molecule has 2 N–H and O–H groups in total. The molecular formula is C9H17NO. The average Bonchev–Trinajstić information content (AvgIpc) is 2.61. The molecule has 0 saturated heterocycles. The lowest BCUT2D eigenvalue weighted by Gasteiger charge is -2.25. The Morgan fingerprint density at radius 1 is 1.27 bits per heavy atom. The molecule has 2 saturated carbocycles. The fraction of sp³-hybridized carbons (Fsp3) is 1.00. The van der Waals surface area contributed by atoms with Crippen LogP contribution in [0.15, 0.2) is 0 Å². The number of rotatable bonds is 2. The zero-order valence-corrected chi connectivity index (χ0v) is 7.23. The van der Waals surface area contributed by atoms with Crippen LogP contribution in [0, 0.1) is 5.41 Å². The van der Waals surface area contributed by atoms with E-state index in [0.29, 0.717) is 5.41 Å². The summed E-state index contributed by atoms with van der Waals surface area (Å²) in [5.74, 6) is 0. The van der Waals surface area contributed by atoms with E-state index in [2.05, 4.69) is 0 Å². The largest absolute Gasteiger partial charge is 0.378 e. The molecule has 0 aromatic carbocycles. The quantitative estimate of drug-likeness (QED) is 0.652. The van der Waals surface area contributed by atoms with E-state index >= 15 is 0 Å². The van der Waals surface area contributed by atoms with Crippen LogP contribution in [0.4, 0.5) is 0 Å². The number of hydrogen-bond donors (Lipinski definition) is 1. The van der Waals surface area contributed by atoms with Crippen molar-refractivity contribution in [2.45, 2.75) is 37.7 Å². The van der Waals surface area contributed by atoms with Gasteiger partial charge in [-0.05, 0) is 44.1 Å². The van der Waals surface area contributed by atoms with Crippen molar-refractivity contribution in [2.24, 2.45) is 11.1 Å². The van der Waals surface area contributed by atoms with Gasteiger partial charge >= 0.3 is 0 Å². The minimum absolute atomic E-state index is 0.235. The van der Waals surface area contributed by atoms with Crippen LogP contribution in [-0.4, -0.2) is 19.3 Å². The summed E-state index contributed by atoms with van der Waals surface area (Å²) < 4.78 is 5.56. The van der Waals surface area contributed by atoms with Gasteiger partial charge in [0.15, 0.2) is 0 Å². The third-order valence-electron chi connectivity index (χ3n) is 3.79. The predicted molar refractivity (Wildman–Crippen MR) is 44.3 cm³/mol. The van der Waals surface area contributed by atoms with Crippen LogP contribution >= 0.6 is 0 Å². The Morgan fingerprint density at radius 3 is 2.18 bits per heavy atom. The Bertz CT molecular complexity index is 141. The summed E-state index contributed by atoms with van der Waals surface area (Å²) >= 11 is 0. The molecule has 0 aromatic rings. The molecular weight excluding hydrogens is 138 g/mol. The Labute approximate surface area is 68.1 Å². The lowest BCUT2D eigenvalue weighted by Crippen LogP contribution is -2.25. The Morgan fingerprint density at radius 2 is 1.91 bits per heavy atom. The summed E-state index contributed by atoms with van der Waals surface area (Å²) in [6.45, 7) is 0.859. The third kappa shape index (κ3) is 0.926. The van der Waals surface area contributed by atoms with E-state index in [9.17, 15) is 0 Å². The molecule has 11 heavy (non-hydrogen) atoms. The topological polar surface area (TPSA) is 35.2 Å². The highest BCUT2D eigenvalue weighted by molar-refractivity contribution is 5.06. The molecule has 2 aliphatic carbocycles. The van der Waals surface area contributed by atoms with Crippen LogP contribution in [0.5, 0.6) is 0 Å². The highest BCUT2D eigenvalue weighted by Gasteiger charge is 2.53. The van der Waals surface area contributed by atoms with Crippen molar-refractivity contribution in [1.29, 1.82) is 0 Å². The monoisotopic (exact) mass is 155 g/mol. The molecule has 0 heterocycles. The zero-order valence-electron chi connectivity index (χ0n) is 7.23. The van der Waals surface area contributed by atoms with E-state index in [4.69, 9.17) is 10.5 Å². The molecule has 64 valence electrons. The van der Waals surface area contributed by atoms with Gasteiger partial charge in [-0.3, -0.25) is 0 Å². The highest BCUT2D eigenvalue weighted by atomic mass is 16.5. The first-order valence-corrected chi connectivity index (χ1v) is 4.50. The first-order valence-electron chi connectivity index (χ1n) is 4.50. The molecule has 2 bridgehead atoms. The fourth-order valence-electron chi connectivity index (χ4n) is 2.83. The molecule has 0 aromatic heterocycles. The van der Waals surface area contributed by atoms with Gasteiger partial charge in [0, 0.05) is 7.11 Å². The minimum atomic E-state index is 0.235. The van der Waals surface area contributed by atoms with Crippen molar-refractivity contribution in [2.75, 3.05) is 13.7 Å². The first kappa shape index (κ1) is 7.56. The maximum absolute atomic E-state index is 5.76. The number of ether oxygens (including phenoxy) is 1. The summed E-state index contributed by atoms with van der Waals surface area (Å²) in [5.41, 5.74) is 6.47. The summed E-state index contributed by atoms with van der Waals surface area (Å²) in [4.78, 5) is 0. The van der Waals surface area contributed by atoms with Crippen LogP contribution < -0.4 is 5.73 Å². The van der Waals surface area contributed by atoms with Crippen molar-refractivity contribution in [3.8, 4) is 0 Å². The van der Waals surface area contributed by atoms with Gasteiger partial charge in [-0.15, -0.1) is 0 Å². The molecule has 2 heteroatoms. The van der Waals surface area contributed by atoms with E-state index < -0.39 is 0 Å². The van der Waals surface area contributed by atoms with Crippen molar-refractivity contribution < 1.29 is 4.74 Å². The number of methoxy groups -OCH3 is 1. The van der Waals surface area contributed by atoms with Crippen LogP contribution in [0.2, 0.25) is 0 Å². The van der Waals surface area contributed by atoms with Crippen molar-refractivity contribution >= 4 is 0 Å². The smallest absolute Gasteiger partial charge is 0.0685 e. The van der Waals surface area contributed by atoms with Gasteiger partial charge < -0.3 is 10.5 Å². The fourth-order valence-corrected chi connectivity index (χ4v) is 2.83. The van der Waals surface area contributed by atoms with Crippen LogP contribution in [0.3, 0.4) is 0 Å². The summed E-state index contributed by atoms with van der Waals surface area (Å²) in [7, 11) is 1.85. The number of fused-ring (bicyclic) bond motifs is 2. The van der Waals surface area contributed by atoms with Gasteiger partial charge in [-0.25, -0.2) is 0 Å². The predicted octanol–water partition coefficient (Wildman–Crippen LogP) is 1.29. The second-order valence-corrected chi connectivity index (χ2v) is 4.27. The number of nitrogens with two attached hydrogens (primary N) is 1. The maximum atomic E-state index is 5.76. The van der Waals surface area contributed by atoms with E-state index in [1.807, 2.05) is 7.11 Å². The van der Waals surface area contributed by atoms with Gasteiger partial charge in [0.05, 0.1) is 5.60 Å². The molecule has 0 aliphatic heterocycles. The van der Waals surface area contributed by atoms with E-state index in [1.165, 1.54) is 32.1 Å². The second-order valence-electron chi connectivity index (χ2n) is 4.27. The molecule has 0 radical (unpaired) electrons. The highest BCUT2D eigenvalue weighted by Crippen LogP contribution is 2.57. The average molecular weight is 155 g/mol. The van der Waals surface area contributed by atoms with Crippen molar-refractivity contribution in [3.05, 3.63) is 0 Å². The molecule has 0 spiro atoms. The lowest BCUT2D eigenvalue weighted by atomic mass is 9.84. The first-order chi connectivity index (χ1) is 5.24. The van der Waals surface area contributed by atoms with E-state index in [0.717, 1.165) is 6.54 Å². The van der Waals surface area contributed by atoms with Gasteiger partial charge in [-0.2, -0.15) is 0 Å². The van der Waals surface area contributed by atoms with Gasteiger partial charge in [0.2, 0.25) is 0 Å². The molecule has 0 atom stereocenters. The standard InChI is InChI=1S/C9H17NO/c1-11-9-4-2-8(6-9,7-10)3-5-9/h2-7,10H2,1H3. The summed E-state index contributed by atoms with van der Waals surface area (Å²) in [6, 6.07) is 0. The number of hydrogen-bond acceptors (Lipinski definition) is 2. The van der Waals surface area contributed by atoms with Crippen LogP contribution in [0.25, 0.3) is 0 Å². The molecule has 0 unspecified atom stereocenters. The normalized spacial score (nSPS) is 48.5.